The molecule has 0 atom stereocenters. The molecule has 0 amide bonds. The van der Waals surface area contributed by atoms with Crippen molar-refractivity contribution in [2.75, 3.05) is 6.61 Å². The molecule has 0 fully saturated rings. The van der Waals surface area contributed by atoms with Gasteiger partial charge < -0.3 is 9.84 Å². The van der Waals surface area contributed by atoms with Crippen LogP contribution in [0.1, 0.15) is 24.7 Å². The van der Waals surface area contributed by atoms with Gasteiger partial charge in [0.05, 0.1) is 36.7 Å². The van der Waals surface area contributed by atoms with Gasteiger partial charge in [-0.25, -0.2) is 0 Å². The zero-order chi connectivity index (χ0) is 15.4. The monoisotopic (exact) mass is 297 g/mol. The number of benzene rings is 1. The molecule has 5 heteroatoms. The van der Waals surface area contributed by atoms with Crippen LogP contribution in [-0.4, -0.2) is 26.5 Å². The van der Waals surface area contributed by atoms with Crippen LogP contribution in [0, 0.1) is 0 Å². The fraction of sp³-hybridized carbons (Fsp3) is 0.294. The Morgan fingerprint density at radius 1 is 1.18 bits per heavy atom. The van der Waals surface area contributed by atoms with Gasteiger partial charge in [-0.15, -0.1) is 5.10 Å². The number of aromatic nitrogens is 3. The summed E-state index contributed by atoms with van der Waals surface area (Å²) in [5, 5.41) is 15.0. The molecule has 0 saturated carbocycles. The van der Waals surface area contributed by atoms with E-state index in [2.05, 4.69) is 10.1 Å². The van der Waals surface area contributed by atoms with Gasteiger partial charge in [0.1, 0.15) is 0 Å². The van der Waals surface area contributed by atoms with Crippen molar-refractivity contribution in [3.63, 3.8) is 0 Å². The van der Waals surface area contributed by atoms with Crippen LogP contribution in [0.2, 0.25) is 0 Å². The lowest BCUT2D eigenvalue weighted by Crippen LogP contribution is -2.08. The van der Waals surface area contributed by atoms with Gasteiger partial charge in [0.2, 0.25) is 5.88 Å². The molecule has 3 aromatic rings. The average molecular weight is 297 g/mol. The summed E-state index contributed by atoms with van der Waals surface area (Å²) in [5.41, 5.74) is 2.58. The third kappa shape index (κ3) is 3.09. The molecule has 1 aromatic carbocycles. The third-order valence-corrected chi connectivity index (χ3v) is 3.42. The maximum Gasteiger partial charge on any atom is 0.233 e. The zero-order valence-electron chi connectivity index (χ0n) is 12.6. The smallest absolute Gasteiger partial charge is 0.233 e. The van der Waals surface area contributed by atoms with Gasteiger partial charge in [-0.3, -0.25) is 9.67 Å². The quantitative estimate of drug-likeness (QED) is 0.760. The predicted molar refractivity (Wildman–Crippen MR) is 84.8 cm³/mol. The maximum atomic E-state index is 9.47. The number of para-hydroxylation sites is 1. The van der Waals surface area contributed by atoms with Gasteiger partial charge in [0.15, 0.2) is 0 Å². The molecule has 2 heterocycles. The molecule has 0 aliphatic carbocycles. The Kier molecular flexibility index (Phi) is 4.34. The fourth-order valence-corrected chi connectivity index (χ4v) is 2.32. The zero-order valence-corrected chi connectivity index (χ0v) is 12.6. The lowest BCUT2D eigenvalue weighted by molar-refractivity contribution is 0.269. The molecular formula is C17H19N3O2. The highest BCUT2D eigenvalue weighted by atomic mass is 16.5. The Hall–Kier alpha value is -2.40. The fourth-order valence-electron chi connectivity index (χ4n) is 2.32. The van der Waals surface area contributed by atoms with E-state index < -0.39 is 0 Å². The first-order chi connectivity index (χ1) is 10.8. The van der Waals surface area contributed by atoms with Crippen LogP contribution in [0.5, 0.6) is 5.88 Å². The van der Waals surface area contributed by atoms with Crippen molar-refractivity contribution in [2.45, 2.75) is 26.5 Å². The number of nitrogens with zero attached hydrogens (tertiary/aromatic N) is 3. The van der Waals surface area contributed by atoms with E-state index in [0.717, 1.165) is 28.7 Å². The second kappa shape index (κ2) is 6.58. The molecule has 0 saturated heterocycles. The molecule has 0 aliphatic heterocycles. The molecule has 5 nitrogen and oxygen atoms in total. The van der Waals surface area contributed by atoms with E-state index in [1.807, 2.05) is 43.3 Å². The molecule has 3 rings (SSSR count). The van der Waals surface area contributed by atoms with Crippen molar-refractivity contribution in [1.29, 1.82) is 0 Å². The first-order valence-corrected chi connectivity index (χ1v) is 7.45. The first-order valence-electron chi connectivity index (χ1n) is 7.45. The van der Waals surface area contributed by atoms with E-state index in [4.69, 9.17) is 4.74 Å². The topological polar surface area (TPSA) is 60.2 Å². The number of aliphatic hydroxyl groups excluding tert-OH is 1. The van der Waals surface area contributed by atoms with Crippen LogP contribution in [-0.2, 0) is 13.2 Å². The normalized spacial score (nSPS) is 11.0. The van der Waals surface area contributed by atoms with Crippen LogP contribution in [0.3, 0.4) is 0 Å². The van der Waals surface area contributed by atoms with Gasteiger partial charge in [-0.1, -0.05) is 31.2 Å². The van der Waals surface area contributed by atoms with Crippen molar-refractivity contribution >= 4 is 10.9 Å². The van der Waals surface area contributed by atoms with E-state index >= 15 is 0 Å². The Morgan fingerprint density at radius 2 is 2.05 bits per heavy atom. The molecule has 114 valence electrons. The molecule has 0 bridgehead atoms. The number of aliphatic hydroxyl groups is 1. The Labute approximate surface area is 129 Å². The highest BCUT2D eigenvalue weighted by Gasteiger charge is 2.09. The standard InChI is InChI=1S/C17H19N3O2/c1-2-9-22-17-10-15(12-21)20(19-17)11-14-8-7-13-5-3-4-6-16(13)18-14/h3-8,10,21H,2,9,11-12H2,1H3. The van der Waals surface area contributed by atoms with Crippen molar-refractivity contribution in [2.24, 2.45) is 0 Å². The summed E-state index contributed by atoms with van der Waals surface area (Å²) in [5.74, 6) is 0.548. The predicted octanol–water partition coefficient (Wildman–Crippen LogP) is 2.76. The van der Waals surface area contributed by atoms with E-state index in [1.165, 1.54) is 0 Å². The summed E-state index contributed by atoms with van der Waals surface area (Å²) >= 11 is 0. The largest absolute Gasteiger partial charge is 0.477 e. The lowest BCUT2D eigenvalue weighted by Gasteiger charge is -2.06. The number of rotatable bonds is 6. The van der Waals surface area contributed by atoms with Crippen LogP contribution < -0.4 is 4.74 Å². The van der Waals surface area contributed by atoms with Crippen LogP contribution in [0.4, 0.5) is 0 Å². The highest BCUT2D eigenvalue weighted by Crippen LogP contribution is 2.16. The minimum absolute atomic E-state index is 0.0733. The van der Waals surface area contributed by atoms with Crippen molar-refractivity contribution < 1.29 is 9.84 Å². The molecule has 1 N–H and O–H groups in total. The summed E-state index contributed by atoms with van der Waals surface area (Å²) in [6.45, 7) is 3.10. The molecule has 0 radical (unpaired) electrons. The summed E-state index contributed by atoms with van der Waals surface area (Å²) < 4.78 is 7.26. The minimum atomic E-state index is -0.0733. The number of fused-ring (bicyclic) bond motifs is 1. The van der Waals surface area contributed by atoms with Crippen LogP contribution >= 0.6 is 0 Å². The van der Waals surface area contributed by atoms with E-state index in [-0.39, 0.29) is 6.61 Å². The van der Waals surface area contributed by atoms with Gasteiger partial charge in [0, 0.05) is 11.5 Å². The first kappa shape index (κ1) is 14.5. The molecule has 0 aliphatic rings. The molecule has 0 spiro atoms. The summed E-state index contributed by atoms with van der Waals surface area (Å²) in [6.07, 6.45) is 0.924. The summed E-state index contributed by atoms with van der Waals surface area (Å²) in [4.78, 5) is 4.63. The molecular weight excluding hydrogens is 278 g/mol. The molecule has 0 unspecified atom stereocenters. The third-order valence-electron chi connectivity index (χ3n) is 3.42. The molecule has 22 heavy (non-hydrogen) atoms. The number of hydrogen-bond acceptors (Lipinski definition) is 4. The van der Waals surface area contributed by atoms with Gasteiger partial charge in [0.25, 0.3) is 0 Å². The second-order valence-electron chi connectivity index (χ2n) is 5.13. The van der Waals surface area contributed by atoms with Crippen LogP contribution in [0.15, 0.2) is 42.5 Å². The Balaban J connectivity index is 1.85. The van der Waals surface area contributed by atoms with E-state index in [9.17, 15) is 5.11 Å². The molecule has 2 aromatic heterocycles. The van der Waals surface area contributed by atoms with Crippen LogP contribution in [0.25, 0.3) is 10.9 Å². The van der Waals surface area contributed by atoms with E-state index in [1.54, 1.807) is 10.7 Å². The summed E-state index contributed by atoms with van der Waals surface area (Å²) in [7, 11) is 0. The van der Waals surface area contributed by atoms with Gasteiger partial charge >= 0.3 is 0 Å². The van der Waals surface area contributed by atoms with Gasteiger partial charge in [-0.2, -0.15) is 0 Å². The van der Waals surface area contributed by atoms with Crippen molar-refractivity contribution in [1.82, 2.24) is 14.8 Å². The Morgan fingerprint density at radius 3 is 2.86 bits per heavy atom. The maximum absolute atomic E-state index is 9.47. The number of hydrogen-bond donors (Lipinski definition) is 1. The second-order valence-corrected chi connectivity index (χ2v) is 5.13. The minimum Gasteiger partial charge on any atom is -0.477 e. The highest BCUT2D eigenvalue weighted by molar-refractivity contribution is 5.78. The number of pyridine rings is 1. The summed E-state index contributed by atoms with van der Waals surface area (Å²) in [6, 6.07) is 13.8. The van der Waals surface area contributed by atoms with Crippen molar-refractivity contribution in [3.8, 4) is 5.88 Å². The SMILES string of the molecule is CCCOc1cc(CO)n(Cc2ccc3ccccc3n2)n1. The Bertz CT molecular complexity index is 767. The van der Waals surface area contributed by atoms with E-state index in [0.29, 0.717) is 19.0 Å². The number of ether oxygens (including phenoxy) is 1. The lowest BCUT2D eigenvalue weighted by atomic mass is 10.2. The van der Waals surface area contributed by atoms with Gasteiger partial charge in [-0.05, 0) is 18.6 Å². The van der Waals surface area contributed by atoms with Crippen molar-refractivity contribution in [3.05, 3.63) is 53.9 Å². The average Bonchev–Trinajstić information content (AvgIpc) is 2.94.